The Kier molecular flexibility index (Phi) is 4.54. The third-order valence-electron chi connectivity index (χ3n) is 1.57. The summed E-state index contributed by atoms with van der Waals surface area (Å²) in [5, 5.41) is 11.2. The van der Waals surface area contributed by atoms with E-state index < -0.39 is 0 Å². The molecule has 1 rings (SSSR count). The predicted molar refractivity (Wildman–Crippen MR) is 40.1 cm³/mol. The molecular formula is C7H11ClN2O. The van der Waals surface area contributed by atoms with Crippen molar-refractivity contribution in [2.45, 2.75) is 6.42 Å². The molecule has 0 saturated heterocycles. The van der Waals surface area contributed by atoms with Crippen molar-refractivity contribution in [2.75, 3.05) is 13.6 Å². The van der Waals surface area contributed by atoms with Gasteiger partial charge in [-0.05, 0) is 6.08 Å². The van der Waals surface area contributed by atoms with Crippen LogP contribution in [0.15, 0.2) is 17.3 Å². The molecule has 0 fully saturated rings. The van der Waals surface area contributed by atoms with E-state index in [0.29, 0.717) is 0 Å². The summed E-state index contributed by atoms with van der Waals surface area (Å²) >= 11 is 0. The molecule has 1 aliphatic heterocycles. The minimum Gasteiger partial charge on any atom is -1.00 e. The Bertz CT molecular complexity index is 208. The van der Waals surface area contributed by atoms with E-state index in [-0.39, 0.29) is 12.4 Å². The fourth-order valence-corrected chi connectivity index (χ4v) is 0.928. The molecule has 0 aromatic rings. The van der Waals surface area contributed by atoms with Gasteiger partial charge in [0.15, 0.2) is 6.54 Å². The van der Waals surface area contributed by atoms with E-state index in [1.807, 2.05) is 11.6 Å². The second kappa shape index (κ2) is 4.91. The first kappa shape index (κ1) is 10.2. The van der Waals surface area contributed by atoms with Gasteiger partial charge in [-0.25, -0.2) is 4.58 Å². The number of likely N-dealkylation sites (N-methyl/N-ethyl adjacent to an activating group) is 1. The van der Waals surface area contributed by atoms with Gasteiger partial charge in [-0.2, -0.15) is 0 Å². The molecule has 0 amide bonds. The summed E-state index contributed by atoms with van der Waals surface area (Å²) in [4.78, 5) is 0. The van der Waals surface area contributed by atoms with Crippen molar-refractivity contribution in [1.82, 2.24) is 0 Å². The smallest absolute Gasteiger partial charge is 0.201 e. The van der Waals surface area contributed by atoms with Gasteiger partial charge in [0.2, 0.25) is 5.71 Å². The van der Waals surface area contributed by atoms with Gasteiger partial charge in [-0.1, -0.05) is 11.2 Å². The minimum absolute atomic E-state index is 0. The monoisotopic (exact) mass is 174 g/mol. The molecule has 1 N–H and O–H groups in total. The van der Waals surface area contributed by atoms with Crippen LogP contribution in [0.4, 0.5) is 0 Å². The van der Waals surface area contributed by atoms with Crippen molar-refractivity contribution in [2.24, 2.45) is 5.16 Å². The zero-order valence-electron chi connectivity index (χ0n) is 6.37. The number of hydrogen-bond donors (Lipinski definition) is 1. The zero-order valence-corrected chi connectivity index (χ0v) is 7.12. The van der Waals surface area contributed by atoms with E-state index >= 15 is 0 Å². The molecular weight excluding hydrogens is 164 g/mol. The summed E-state index contributed by atoms with van der Waals surface area (Å²) in [5.41, 5.74) is 1.05. The van der Waals surface area contributed by atoms with Gasteiger partial charge in [0, 0.05) is 0 Å². The SMILES string of the molecule is C[N+]1=C(/C=N\O)CC=CC1.[Cl-]. The van der Waals surface area contributed by atoms with E-state index in [9.17, 15) is 0 Å². The van der Waals surface area contributed by atoms with Crippen molar-refractivity contribution in [1.29, 1.82) is 0 Å². The fraction of sp³-hybridized carbons (Fsp3) is 0.429. The molecule has 0 saturated carbocycles. The number of allylic oxidation sites excluding steroid dienone is 1. The average molecular weight is 175 g/mol. The maximum absolute atomic E-state index is 8.23. The van der Waals surface area contributed by atoms with Crippen LogP contribution in [0.2, 0.25) is 0 Å². The number of halogens is 1. The number of hydrogen-bond acceptors (Lipinski definition) is 2. The first-order chi connectivity index (χ1) is 4.84. The summed E-state index contributed by atoms with van der Waals surface area (Å²) in [6, 6.07) is 0. The van der Waals surface area contributed by atoms with Crippen LogP contribution in [0.25, 0.3) is 0 Å². The lowest BCUT2D eigenvalue weighted by molar-refractivity contribution is -0.486. The molecule has 11 heavy (non-hydrogen) atoms. The third-order valence-corrected chi connectivity index (χ3v) is 1.57. The van der Waals surface area contributed by atoms with Gasteiger partial charge >= 0.3 is 0 Å². The Morgan fingerprint density at radius 1 is 1.64 bits per heavy atom. The molecule has 0 aliphatic carbocycles. The summed E-state index contributed by atoms with van der Waals surface area (Å²) in [6.07, 6.45) is 6.50. The fourth-order valence-electron chi connectivity index (χ4n) is 0.928. The zero-order chi connectivity index (χ0) is 7.40. The largest absolute Gasteiger partial charge is 1.00 e. The highest BCUT2D eigenvalue weighted by Crippen LogP contribution is 1.93. The van der Waals surface area contributed by atoms with E-state index in [4.69, 9.17) is 5.21 Å². The first-order valence-electron chi connectivity index (χ1n) is 3.24. The lowest BCUT2D eigenvalue weighted by atomic mass is 10.2. The Hall–Kier alpha value is -0.830. The van der Waals surface area contributed by atoms with Crippen LogP contribution in [0.5, 0.6) is 0 Å². The van der Waals surface area contributed by atoms with Gasteiger partial charge in [0.1, 0.15) is 13.3 Å². The lowest BCUT2D eigenvalue weighted by Gasteiger charge is -2.01. The Labute approximate surface area is 72.1 Å². The highest BCUT2D eigenvalue weighted by molar-refractivity contribution is 6.28. The molecule has 0 spiro atoms. The highest BCUT2D eigenvalue weighted by atomic mass is 35.5. The van der Waals surface area contributed by atoms with Crippen molar-refractivity contribution in [3.05, 3.63) is 12.2 Å². The van der Waals surface area contributed by atoms with Gasteiger partial charge in [-0.3, -0.25) is 0 Å². The molecule has 0 aromatic heterocycles. The molecule has 0 unspecified atom stereocenters. The standard InChI is InChI=1S/C7H10N2O.ClH/c1-9-5-3-2-4-7(9)6-8-10;/h2-3,6H,4-5H2,1H3;1H. The van der Waals surface area contributed by atoms with Gasteiger partial charge in [-0.15, -0.1) is 0 Å². The Morgan fingerprint density at radius 3 is 2.91 bits per heavy atom. The molecule has 1 aliphatic rings. The van der Waals surface area contributed by atoms with Crippen LogP contribution in [0, 0.1) is 0 Å². The maximum Gasteiger partial charge on any atom is 0.201 e. The van der Waals surface area contributed by atoms with Crippen LogP contribution >= 0.6 is 0 Å². The second-order valence-corrected chi connectivity index (χ2v) is 2.29. The van der Waals surface area contributed by atoms with Crippen molar-refractivity contribution < 1.29 is 22.2 Å². The summed E-state index contributed by atoms with van der Waals surface area (Å²) in [5.74, 6) is 0. The first-order valence-corrected chi connectivity index (χ1v) is 3.24. The molecule has 0 bridgehead atoms. The van der Waals surface area contributed by atoms with Gasteiger partial charge < -0.3 is 17.6 Å². The van der Waals surface area contributed by atoms with E-state index in [1.165, 1.54) is 6.21 Å². The molecule has 62 valence electrons. The van der Waals surface area contributed by atoms with Crippen molar-refractivity contribution in [3.63, 3.8) is 0 Å². The van der Waals surface area contributed by atoms with E-state index in [1.54, 1.807) is 0 Å². The van der Waals surface area contributed by atoms with E-state index in [0.717, 1.165) is 18.7 Å². The highest BCUT2D eigenvalue weighted by Gasteiger charge is 2.08. The molecule has 3 nitrogen and oxygen atoms in total. The molecule has 0 atom stereocenters. The topological polar surface area (TPSA) is 35.6 Å². The minimum atomic E-state index is 0. The number of rotatable bonds is 1. The Morgan fingerprint density at radius 2 is 2.36 bits per heavy atom. The van der Waals surface area contributed by atoms with Crippen LogP contribution in [0.1, 0.15) is 6.42 Å². The summed E-state index contributed by atoms with van der Waals surface area (Å²) in [7, 11) is 1.97. The van der Waals surface area contributed by atoms with Crippen LogP contribution in [-0.2, 0) is 0 Å². The van der Waals surface area contributed by atoms with Crippen LogP contribution < -0.4 is 12.4 Å². The van der Waals surface area contributed by atoms with Crippen molar-refractivity contribution >= 4 is 11.9 Å². The third kappa shape index (κ3) is 2.72. The molecule has 1 heterocycles. The number of oxime groups is 1. The lowest BCUT2D eigenvalue weighted by Crippen LogP contribution is -3.00. The van der Waals surface area contributed by atoms with Crippen LogP contribution in [0.3, 0.4) is 0 Å². The summed E-state index contributed by atoms with van der Waals surface area (Å²) < 4.78 is 2.04. The van der Waals surface area contributed by atoms with Gasteiger partial charge in [0.25, 0.3) is 0 Å². The molecule has 0 aromatic carbocycles. The van der Waals surface area contributed by atoms with Gasteiger partial charge in [0.05, 0.1) is 6.42 Å². The second-order valence-electron chi connectivity index (χ2n) is 2.29. The quantitative estimate of drug-likeness (QED) is 0.154. The molecule has 0 radical (unpaired) electrons. The van der Waals surface area contributed by atoms with Crippen molar-refractivity contribution in [3.8, 4) is 0 Å². The van der Waals surface area contributed by atoms with E-state index in [2.05, 4.69) is 17.3 Å². The number of nitrogens with zero attached hydrogens (tertiary/aromatic N) is 2. The average Bonchev–Trinajstić information content (AvgIpc) is 1.94. The maximum atomic E-state index is 8.23. The van der Waals surface area contributed by atoms with Crippen LogP contribution in [-0.4, -0.2) is 35.3 Å². The Balaban J connectivity index is 0.000001000. The molecule has 4 heteroatoms. The predicted octanol–water partition coefficient (Wildman–Crippen LogP) is -2.51. The normalized spacial score (nSPS) is 17.2. The summed E-state index contributed by atoms with van der Waals surface area (Å²) in [6.45, 7) is 0.904.